The second-order valence-electron chi connectivity index (χ2n) is 9.49. The topological polar surface area (TPSA) is 73.7 Å². The standard InChI is InChI=1S/C25H33F3N6O2/c1-3-31-9-6-19(7-10-31)22-16-21(25(26,27)28)5-4-20(22)17-32-12-14-33(15-13-32)24(36)34-11-8-23(30-34)29-18(2)35/h4-5,8,11,16,19H,3,6-7,9-10,12-15,17H2,1-2H3,(H,29,30,35). The van der Waals surface area contributed by atoms with Crippen molar-refractivity contribution in [2.45, 2.75) is 45.3 Å². The van der Waals surface area contributed by atoms with Crippen LogP contribution in [0.1, 0.15) is 49.3 Å². The molecule has 8 nitrogen and oxygen atoms in total. The zero-order chi connectivity index (χ0) is 25.9. The lowest BCUT2D eigenvalue weighted by atomic mass is 9.85. The number of anilines is 1. The molecule has 2 aliphatic rings. The maximum Gasteiger partial charge on any atom is 0.416 e. The first-order valence-corrected chi connectivity index (χ1v) is 12.4. The number of carbonyl (C=O) groups is 2. The quantitative estimate of drug-likeness (QED) is 0.667. The lowest BCUT2D eigenvalue weighted by molar-refractivity contribution is -0.137. The molecule has 3 heterocycles. The summed E-state index contributed by atoms with van der Waals surface area (Å²) in [5, 5.41) is 6.65. The van der Waals surface area contributed by atoms with Crippen LogP contribution < -0.4 is 5.32 Å². The van der Waals surface area contributed by atoms with Gasteiger partial charge in [-0.3, -0.25) is 9.69 Å². The van der Waals surface area contributed by atoms with E-state index in [9.17, 15) is 22.8 Å². The summed E-state index contributed by atoms with van der Waals surface area (Å²) < 4.78 is 41.6. The van der Waals surface area contributed by atoms with Gasteiger partial charge in [-0.1, -0.05) is 13.0 Å². The summed E-state index contributed by atoms with van der Waals surface area (Å²) in [4.78, 5) is 30.2. The Morgan fingerprint density at radius 1 is 1.03 bits per heavy atom. The summed E-state index contributed by atoms with van der Waals surface area (Å²) in [7, 11) is 0. The van der Waals surface area contributed by atoms with Crippen LogP contribution in [0.5, 0.6) is 0 Å². The Bertz CT molecular complexity index is 1070. The summed E-state index contributed by atoms with van der Waals surface area (Å²) >= 11 is 0. The first-order valence-electron chi connectivity index (χ1n) is 12.4. The van der Waals surface area contributed by atoms with Crippen LogP contribution in [0.2, 0.25) is 0 Å². The molecule has 0 atom stereocenters. The van der Waals surface area contributed by atoms with Crippen LogP contribution in [0.3, 0.4) is 0 Å². The van der Waals surface area contributed by atoms with Gasteiger partial charge in [0.05, 0.1) is 5.56 Å². The Morgan fingerprint density at radius 3 is 2.33 bits per heavy atom. The molecule has 0 saturated carbocycles. The molecule has 196 valence electrons. The monoisotopic (exact) mass is 506 g/mol. The van der Waals surface area contributed by atoms with E-state index in [0.717, 1.165) is 43.6 Å². The fourth-order valence-electron chi connectivity index (χ4n) is 5.02. The minimum atomic E-state index is -4.37. The molecule has 4 rings (SSSR count). The highest BCUT2D eigenvalue weighted by molar-refractivity contribution is 5.88. The predicted octanol–water partition coefficient (Wildman–Crippen LogP) is 3.85. The molecule has 0 radical (unpaired) electrons. The van der Waals surface area contributed by atoms with E-state index in [0.29, 0.717) is 38.5 Å². The van der Waals surface area contributed by atoms with Gasteiger partial charge in [-0.2, -0.15) is 17.9 Å². The Balaban J connectivity index is 1.41. The average molecular weight is 507 g/mol. The summed E-state index contributed by atoms with van der Waals surface area (Å²) in [6.07, 6.45) is -1.14. The second-order valence-corrected chi connectivity index (χ2v) is 9.49. The van der Waals surface area contributed by atoms with Gasteiger partial charge in [0.2, 0.25) is 5.91 Å². The zero-order valence-corrected chi connectivity index (χ0v) is 20.7. The molecule has 2 aliphatic heterocycles. The number of halogens is 3. The molecule has 2 fully saturated rings. The number of piperidine rings is 1. The fourth-order valence-corrected chi connectivity index (χ4v) is 5.02. The third kappa shape index (κ3) is 6.25. The van der Waals surface area contributed by atoms with Crippen LogP contribution in [0.25, 0.3) is 0 Å². The predicted molar refractivity (Wildman–Crippen MR) is 130 cm³/mol. The van der Waals surface area contributed by atoms with Crippen molar-refractivity contribution in [3.05, 3.63) is 47.2 Å². The molecule has 36 heavy (non-hydrogen) atoms. The number of likely N-dealkylation sites (tertiary alicyclic amines) is 1. The van der Waals surface area contributed by atoms with Crippen LogP contribution in [0.15, 0.2) is 30.5 Å². The van der Waals surface area contributed by atoms with E-state index in [-0.39, 0.29) is 17.9 Å². The molecule has 0 aliphatic carbocycles. The molecule has 0 spiro atoms. The SMILES string of the molecule is CCN1CCC(c2cc(C(F)(F)F)ccc2CN2CCN(C(=O)n3ccc(NC(C)=O)n3)CC2)CC1. The summed E-state index contributed by atoms with van der Waals surface area (Å²) in [6.45, 7) is 8.98. The van der Waals surface area contributed by atoms with Crippen molar-refractivity contribution < 1.29 is 22.8 Å². The molecule has 1 N–H and O–H groups in total. The average Bonchev–Trinajstić information content (AvgIpc) is 3.31. The van der Waals surface area contributed by atoms with Gasteiger partial charge in [-0.05, 0) is 61.7 Å². The van der Waals surface area contributed by atoms with E-state index in [2.05, 4.69) is 27.1 Å². The molecule has 2 aromatic rings. The summed E-state index contributed by atoms with van der Waals surface area (Å²) in [5.74, 6) is 0.166. The van der Waals surface area contributed by atoms with Gasteiger partial charge in [-0.15, -0.1) is 5.10 Å². The van der Waals surface area contributed by atoms with Crippen molar-refractivity contribution in [3.63, 3.8) is 0 Å². The fraction of sp³-hybridized carbons (Fsp3) is 0.560. The number of amides is 2. The zero-order valence-electron chi connectivity index (χ0n) is 20.7. The van der Waals surface area contributed by atoms with E-state index in [1.54, 1.807) is 17.0 Å². The van der Waals surface area contributed by atoms with Crippen LogP contribution in [-0.4, -0.2) is 82.2 Å². The first kappa shape index (κ1) is 26.2. The number of benzene rings is 1. The van der Waals surface area contributed by atoms with Gasteiger partial charge in [0, 0.05) is 51.9 Å². The smallest absolute Gasteiger partial charge is 0.320 e. The summed E-state index contributed by atoms with van der Waals surface area (Å²) in [5.41, 5.74) is 1.15. The molecular formula is C25H33F3N6O2. The third-order valence-corrected chi connectivity index (χ3v) is 7.07. The van der Waals surface area contributed by atoms with Crippen molar-refractivity contribution in [1.82, 2.24) is 24.5 Å². The van der Waals surface area contributed by atoms with Crippen molar-refractivity contribution in [2.75, 3.05) is 51.1 Å². The highest BCUT2D eigenvalue weighted by Gasteiger charge is 2.33. The lowest BCUT2D eigenvalue weighted by Crippen LogP contribution is -2.49. The lowest BCUT2D eigenvalue weighted by Gasteiger charge is -2.36. The molecule has 2 saturated heterocycles. The minimum absolute atomic E-state index is 0.116. The number of piperazine rings is 1. The minimum Gasteiger partial charge on any atom is -0.320 e. The van der Waals surface area contributed by atoms with Crippen LogP contribution >= 0.6 is 0 Å². The Morgan fingerprint density at radius 2 is 1.72 bits per heavy atom. The van der Waals surface area contributed by atoms with Gasteiger partial charge in [-0.25, -0.2) is 4.79 Å². The van der Waals surface area contributed by atoms with E-state index in [4.69, 9.17) is 0 Å². The number of rotatable bonds is 5. The normalized spacial score (nSPS) is 18.4. The maximum atomic E-state index is 13.5. The van der Waals surface area contributed by atoms with E-state index in [1.165, 1.54) is 29.9 Å². The molecule has 0 bridgehead atoms. The van der Waals surface area contributed by atoms with Gasteiger partial charge in [0.1, 0.15) is 0 Å². The molecular weight excluding hydrogens is 473 g/mol. The van der Waals surface area contributed by atoms with Gasteiger partial charge in [0.25, 0.3) is 0 Å². The third-order valence-electron chi connectivity index (χ3n) is 7.07. The Hall–Kier alpha value is -2.92. The van der Waals surface area contributed by atoms with Crippen molar-refractivity contribution in [3.8, 4) is 0 Å². The first-order chi connectivity index (χ1) is 17.1. The van der Waals surface area contributed by atoms with Gasteiger partial charge >= 0.3 is 12.2 Å². The molecule has 11 heteroatoms. The van der Waals surface area contributed by atoms with Crippen molar-refractivity contribution in [2.24, 2.45) is 0 Å². The van der Waals surface area contributed by atoms with E-state index >= 15 is 0 Å². The van der Waals surface area contributed by atoms with Gasteiger partial charge < -0.3 is 15.1 Å². The van der Waals surface area contributed by atoms with Crippen LogP contribution in [-0.2, 0) is 17.5 Å². The van der Waals surface area contributed by atoms with Crippen molar-refractivity contribution >= 4 is 17.8 Å². The number of nitrogens with one attached hydrogen (secondary N) is 1. The van der Waals surface area contributed by atoms with Crippen molar-refractivity contribution in [1.29, 1.82) is 0 Å². The summed E-state index contributed by atoms with van der Waals surface area (Å²) in [6, 6.07) is 5.46. The highest BCUT2D eigenvalue weighted by Crippen LogP contribution is 2.36. The molecule has 2 amide bonds. The molecule has 1 aromatic carbocycles. The second kappa shape index (κ2) is 11.0. The number of carbonyl (C=O) groups excluding carboxylic acids is 2. The Labute approximate surface area is 209 Å². The number of alkyl halides is 3. The number of hydrogen-bond acceptors (Lipinski definition) is 5. The largest absolute Gasteiger partial charge is 0.416 e. The van der Waals surface area contributed by atoms with E-state index < -0.39 is 11.7 Å². The molecule has 1 aromatic heterocycles. The van der Waals surface area contributed by atoms with Crippen LogP contribution in [0, 0.1) is 0 Å². The number of aromatic nitrogens is 2. The molecule has 0 unspecified atom stereocenters. The number of nitrogens with zero attached hydrogens (tertiary/aromatic N) is 5. The van der Waals surface area contributed by atoms with E-state index in [1.807, 2.05) is 0 Å². The number of hydrogen-bond donors (Lipinski definition) is 1. The van der Waals surface area contributed by atoms with Gasteiger partial charge in [0.15, 0.2) is 5.82 Å². The maximum absolute atomic E-state index is 13.5. The highest BCUT2D eigenvalue weighted by atomic mass is 19.4. The Kier molecular flexibility index (Phi) is 7.99. The van der Waals surface area contributed by atoms with Crippen LogP contribution in [0.4, 0.5) is 23.8 Å².